The fourth-order valence-corrected chi connectivity index (χ4v) is 3.37. The number of thiophene rings is 1. The topological polar surface area (TPSA) is 42.0 Å². The van der Waals surface area contributed by atoms with Crippen molar-refractivity contribution in [2.75, 3.05) is 5.32 Å². The van der Waals surface area contributed by atoms with Crippen LogP contribution in [0.25, 0.3) is 11.3 Å². The molecule has 1 N–H and O–H groups in total. The molecule has 0 radical (unpaired) electrons. The highest BCUT2D eigenvalue weighted by Crippen LogP contribution is 2.28. The van der Waals surface area contributed by atoms with Crippen LogP contribution in [0.4, 0.5) is 5.13 Å². The Morgan fingerprint density at radius 2 is 2.05 bits per heavy atom. The quantitative estimate of drug-likeness (QED) is 0.758. The molecule has 0 aliphatic rings. The SMILES string of the molecule is Cc1ccc(C)c(-c2csc(NC(=O)c3ccsc3)n2)c1. The summed E-state index contributed by atoms with van der Waals surface area (Å²) in [5.41, 5.74) is 5.07. The number of amides is 1. The van der Waals surface area contributed by atoms with Crippen molar-refractivity contribution in [3.05, 3.63) is 57.1 Å². The van der Waals surface area contributed by atoms with E-state index in [1.165, 1.54) is 33.8 Å². The van der Waals surface area contributed by atoms with Gasteiger partial charge in [0.2, 0.25) is 0 Å². The normalized spacial score (nSPS) is 10.6. The van der Waals surface area contributed by atoms with Crippen LogP contribution in [0.15, 0.2) is 40.4 Å². The van der Waals surface area contributed by atoms with Crippen LogP contribution in [-0.2, 0) is 0 Å². The Labute approximate surface area is 131 Å². The molecule has 106 valence electrons. The molecule has 0 fully saturated rings. The lowest BCUT2D eigenvalue weighted by Gasteiger charge is -2.03. The first-order chi connectivity index (χ1) is 10.1. The minimum atomic E-state index is -0.113. The van der Waals surface area contributed by atoms with Gasteiger partial charge in [-0.3, -0.25) is 10.1 Å². The molecule has 0 aliphatic heterocycles. The molecule has 2 aromatic heterocycles. The monoisotopic (exact) mass is 314 g/mol. The van der Waals surface area contributed by atoms with E-state index in [4.69, 9.17) is 0 Å². The van der Waals surface area contributed by atoms with Crippen LogP contribution in [0, 0.1) is 13.8 Å². The third-order valence-corrected chi connectivity index (χ3v) is 4.62. The summed E-state index contributed by atoms with van der Waals surface area (Å²) in [7, 11) is 0. The zero-order valence-electron chi connectivity index (χ0n) is 11.7. The van der Waals surface area contributed by atoms with Gasteiger partial charge < -0.3 is 0 Å². The molecule has 1 amide bonds. The van der Waals surface area contributed by atoms with Crippen LogP contribution in [0.3, 0.4) is 0 Å². The Balaban J connectivity index is 1.83. The molecule has 0 unspecified atom stereocenters. The number of carbonyl (C=O) groups is 1. The van der Waals surface area contributed by atoms with Gasteiger partial charge in [0.25, 0.3) is 5.91 Å². The molecule has 0 atom stereocenters. The van der Waals surface area contributed by atoms with Gasteiger partial charge in [-0.1, -0.05) is 17.7 Å². The fraction of sp³-hybridized carbons (Fsp3) is 0.125. The van der Waals surface area contributed by atoms with Gasteiger partial charge in [0, 0.05) is 16.3 Å². The van der Waals surface area contributed by atoms with E-state index in [9.17, 15) is 4.79 Å². The highest BCUT2D eigenvalue weighted by atomic mass is 32.1. The van der Waals surface area contributed by atoms with Crippen molar-refractivity contribution in [1.82, 2.24) is 4.98 Å². The first-order valence-electron chi connectivity index (χ1n) is 6.50. The molecule has 3 nitrogen and oxygen atoms in total. The molecule has 5 heteroatoms. The van der Waals surface area contributed by atoms with Gasteiger partial charge in [0.15, 0.2) is 5.13 Å². The number of benzene rings is 1. The average molecular weight is 314 g/mol. The lowest BCUT2D eigenvalue weighted by molar-refractivity contribution is 0.102. The summed E-state index contributed by atoms with van der Waals surface area (Å²) in [4.78, 5) is 16.5. The summed E-state index contributed by atoms with van der Waals surface area (Å²) < 4.78 is 0. The van der Waals surface area contributed by atoms with E-state index >= 15 is 0 Å². The number of carbonyl (C=O) groups excluding carboxylic acids is 1. The molecule has 21 heavy (non-hydrogen) atoms. The predicted molar refractivity (Wildman–Crippen MR) is 89.3 cm³/mol. The number of aromatic nitrogens is 1. The molecule has 0 saturated carbocycles. The van der Waals surface area contributed by atoms with Crippen LogP contribution in [0.1, 0.15) is 21.5 Å². The van der Waals surface area contributed by atoms with Crippen LogP contribution >= 0.6 is 22.7 Å². The number of rotatable bonds is 3. The Bertz CT molecular complexity index is 775. The van der Waals surface area contributed by atoms with E-state index in [0.29, 0.717) is 10.7 Å². The summed E-state index contributed by atoms with van der Waals surface area (Å²) in [5, 5.41) is 9.16. The Morgan fingerprint density at radius 3 is 2.81 bits per heavy atom. The number of nitrogens with one attached hydrogen (secondary N) is 1. The van der Waals surface area contributed by atoms with Crippen molar-refractivity contribution in [2.24, 2.45) is 0 Å². The van der Waals surface area contributed by atoms with Gasteiger partial charge in [-0.05, 0) is 36.9 Å². The van der Waals surface area contributed by atoms with Crippen molar-refractivity contribution in [3.63, 3.8) is 0 Å². The molecular weight excluding hydrogens is 300 g/mol. The van der Waals surface area contributed by atoms with Gasteiger partial charge in [-0.25, -0.2) is 4.98 Å². The average Bonchev–Trinajstić information content (AvgIpc) is 3.12. The van der Waals surface area contributed by atoms with E-state index < -0.39 is 0 Å². The lowest BCUT2D eigenvalue weighted by atomic mass is 10.0. The summed E-state index contributed by atoms with van der Waals surface area (Å²) in [5.74, 6) is -0.113. The van der Waals surface area contributed by atoms with Gasteiger partial charge in [-0.2, -0.15) is 11.3 Å². The highest BCUT2D eigenvalue weighted by molar-refractivity contribution is 7.14. The molecule has 3 aromatic rings. The minimum Gasteiger partial charge on any atom is -0.298 e. The number of nitrogens with zero attached hydrogens (tertiary/aromatic N) is 1. The van der Waals surface area contributed by atoms with E-state index in [1.807, 2.05) is 16.1 Å². The van der Waals surface area contributed by atoms with E-state index in [2.05, 4.69) is 42.3 Å². The van der Waals surface area contributed by atoms with Crippen molar-refractivity contribution in [2.45, 2.75) is 13.8 Å². The van der Waals surface area contributed by atoms with E-state index in [1.54, 1.807) is 6.07 Å². The standard InChI is InChI=1S/C16H14N2OS2/c1-10-3-4-11(2)13(7-10)14-9-21-16(17-14)18-15(19)12-5-6-20-8-12/h3-9H,1-2H3,(H,17,18,19). The highest BCUT2D eigenvalue weighted by Gasteiger charge is 2.11. The molecule has 3 rings (SSSR count). The molecule has 2 heterocycles. The number of hydrogen-bond acceptors (Lipinski definition) is 4. The maximum atomic E-state index is 12.0. The van der Waals surface area contributed by atoms with Gasteiger partial charge in [0.05, 0.1) is 11.3 Å². The number of anilines is 1. The number of aryl methyl sites for hydroxylation is 2. The number of hydrogen-bond donors (Lipinski definition) is 1. The Hall–Kier alpha value is -1.98. The second kappa shape index (κ2) is 5.79. The zero-order valence-corrected chi connectivity index (χ0v) is 13.3. The third-order valence-electron chi connectivity index (χ3n) is 3.18. The molecule has 0 bridgehead atoms. The Kier molecular flexibility index (Phi) is 3.86. The molecule has 0 spiro atoms. The maximum absolute atomic E-state index is 12.0. The fourth-order valence-electron chi connectivity index (χ4n) is 2.03. The molecule has 0 saturated heterocycles. The lowest BCUT2D eigenvalue weighted by Crippen LogP contribution is -2.10. The van der Waals surface area contributed by atoms with E-state index in [-0.39, 0.29) is 5.91 Å². The summed E-state index contributed by atoms with van der Waals surface area (Å²) in [6.45, 7) is 4.13. The Morgan fingerprint density at radius 1 is 1.19 bits per heavy atom. The van der Waals surface area contributed by atoms with Crippen molar-refractivity contribution in [1.29, 1.82) is 0 Å². The van der Waals surface area contributed by atoms with Crippen LogP contribution < -0.4 is 5.32 Å². The summed E-state index contributed by atoms with van der Waals surface area (Å²) >= 11 is 2.95. The number of thiazole rings is 1. The van der Waals surface area contributed by atoms with Crippen LogP contribution in [0.5, 0.6) is 0 Å². The minimum absolute atomic E-state index is 0.113. The predicted octanol–water partition coefficient (Wildman–Crippen LogP) is 4.74. The maximum Gasteiger partial charge on any atom is 0.258 e. The largest absolute Gasteiger partial charge is 0.298 e. The van der Waals surface area contributed by atoms with Gasteiger partial charge in [-0.15, -0.1) is 11.3 Å². The summed E-state index contributed by atoms with van der Waals surface area (Å²) in [6, 6.07) is 8.10. The van der Waals surface area contributed by atoms with Gasteiger partial charge in [0.1, 0.15) is 0 Å². The second-order valence-electron chi connectivity index (χ2n) is 4.82. The molecular formula is C16H14N2OS2. The smallest absolute Gasteiger partial charge is 0.258 e. The zero-order chi connectivity index (χ0) is 14.8. The van der Waals surface area contributed by atoms with Crippen LogP contribution in [0.2, 0.25) is 0 Å². The first kappa shape index (κ1) is 14.0. The molecule has 1 aromatic carbocycles. The van der Waals surface area contributed by atoms with Gasteiger partial charge >= 0.3 is 0 Å². The van der Waals surface area contributed by atoms with E-state index in [0.717, 1.165) is 11.3 Å². The second-order valence-corrected chi connectivity index (χ2v) is 6.46. The third kappa shape index (κ3) is 3.04. The van der Waals surface area contributed by atoms with Crippen molar-refractivity contribution < 1.29 is 4.79 Å². The molecule has 0 aliphatic carbocycles. The van der Waals surface area contributed by atoms with Crippen molar-refractivity contribution >= 4 is 33.7 Å². The summed E-state index contributed by atoms with van der Waals surface area (Å²) in [6.07, 6.45) is 0. The van der Waals surface area contributed by atoms with Crippen LogP contribution in [-0.4, -0.2) is 10.9 Å². The van der Waals surface area contributed by atoms with Crippen molar-refractivity contribution in [3.8, 4) is 11.3 Å². The first-order valence-corrected chi connectivity index (χ1v) is 8.32.